The highest BCUT2D eigenvalue weighted by Crippen LogP contribution is 2.33. The van der Waals surface area contributed by atoms with E-state index in [1.165, 1.54) is 6.07 Å². The average Bonchev–Trinajstić information content (AvgIpc) is 3.46. The van der Waals surface area contributed by atoms with E-state index in [0.29, 0.717) is 62.9 Å². The van der Waals surface area contributed by atoms with Gasteiger partial charge in [0, 0.05) is 54.6 Å². The molecule has 3 rings (SSSR count). The van der Waals surface area contributed by atoms with E-state index >= 15 is 0 Å². The molecule has 0 spiro atoms. The number of carbonyl (C=O) groups is 5. The van der Waals surface area contributed by atoms with E-state index in [-0.39, 0.29) is 48.0 Å². The Morgan fingerprint density at radius 3 is 2.42 bits per heavy atom. The molecular formula is C28H38N2O7S. The van der Waals surface area contributed by atoms with Gasteiger partial charge in [-0.25, -0.2) is 4.79 Å². The fourth-order valence-electron chi connectivity index (χ4n) is 4.74. The van der Waals surface area contributed by atoms with E-state index in [2.05, 4.69) is 10.6 Å². The molecule has 0 aliphatic carbocycles. The molecule has 2 fully saturated rings. The largest absolute Gasteiger partial charge is 0.379 e. The van der Waals surface area contributed by atoms with Gasteiger partial charge in [0.25, 0.3) is 0 Å². The van der Waals surface area contributed by atoms with Crippen molar-refractivity contribution in [2.45, 2.75) is 75.6 Å². The number of benzene rings is 1. The molecule has 0 radical (unpaired) electrons. The lowest BCUT2D eigenvalue weighted by atomic mass is 9.98. The number of hydrogen-bond donors (Lipinski definition) is 2. The number of nitrogens with one attached hydrogen (secondary N) is 2. The van der Waals surface area contributed by atoms with Crippen molar-refractivity contribution in [1.82, 2.24) is 10.6 Å². The highest BCUT2D eigenvalue weighted by molar-refractivity contribution is 8.00. The van der Waals surface area contributed by atoms with Crippen LogP contribution in [0.15, 0.2) is 18.2 Å². The molecule has 2 amide bonds. The number of aryl methyl sites for hydroxylation is 1. The van der Waals surface area contributed by atoms with Gasteiger partial charge >= 0.3 is 6.03 Å². The lowest BCUT2D eigenvalue weighted by molar-refractivity contribution is -0.119. The van der Waals surface area contributed by atoms with E-state index in [4.69, 9.17) is 9.47 Å². The van der Waals surface area contributed by atoms with Gasteiger partial charge in [-0.2, -0.15) is 11.8 Å². The Bertz CT molecular complexity index is 999. The monoisotopic (exact) mass is 546 g/mol. The van der Waals surface area contributed by atoms with E-state index in [9.17, 15) is 24.0 Å². The summed E-state index contributed by atoms with van der Waals surface area (Å²) in [5.74, 6) is 0.497. The van der Waals surface area contributed by atoms with E-state index < -0.39 is 5.78 Å². The minimum atomic E-state index is -0.640. The van der Waals surface area contributed by atoms with Crippen molar-refractivity contribution < 1.29 is 33.4 Å². The number of hydrogen-bond acceptors (Lipinski definition) is 8. The van der Waals surface area contributed by atoms with Crippen LogP contribution in [0.4, 0.5) is 4.79 Å². The number of thioether (sulfide) groups is 1. The first kappa shape index (κ1) is 30.0. The van der Waals surface area contributed by atoms with Gasteiger partial charge in [-0.1, -0.05) is 18.6 Å². The standard InChI is InChI=1S/C28H38N2O7S/c1-19-10-11-20(25(34)17-31)16-22(19)24(33)8-5-13-37-15-14-36-12-4-7-21(32)6-2-3-9-26-27-23(18-38-26)29-28(35)30-27/h10-11,16-17,23,26-27H,2-9,12-15,18H2,1H3,(H2,29,30,35). The molecule has 0 bridgehead atoms. The molecule has 3 atom stereocenters. The van der Waals surface area contributed by atoms with Crippen molar-refractivity contribution in [3.8, 4) is 0 Å². The summed E-state index contributed by atoms with van der Waals surface area (Å²) in [6.45, 7) is 3.58. The van der Waals surface area contributed by atoms with Crippen molar-refractivity contribution >= 4 is 41.4 Å². The molecule has 2 saturated heterocycles. The Hall–Kier alpha value is -2.56. The van der Waals surface area contributed by atoms with Crippen LogP contribution in [0.1, 0.15) is 77.6 Å². The third-order valence-electron chi connectivity index (χ3n) is 6.87. The molecular weight excluding hydrogens is 508 g/mol. The van der Waals surface area contributed by atoms with Gasteiger partial charge in [-0.15, -0.1) is 0 Å². The minimum absolute atomic E-state index is 0.0629. The Morgan fingerprint density at radius 1 is 0.974 bits per heavy atom. The Balaban J connectivity index is 1.13. The summed E-state index contributed by atoms with van der Waals surface area (Å²) in [6.07, 6.45) is 5.78. The Labute approximate surface area is 228 Å². The number of unbranched alkanes of at least 4 members (excludes halogenated alkanes) is 1. The maximum atomic E-state index is 12.5. The molecule has 1 aromatic rings. The third kappa shape index (κ3) is 9.32. The van der Waals surface area contributed by atoms with Crippen LogP contribution in [-0.4, -0.2) is 79.2 Å². The first-order valence-corrected chi connectivity index (χ1v) is 14.4. The van der Waals surface area contributed by atoms with Crippen molar-refractivity contribution in [2.24, 2.45) is 0 Å². The normalized spacial score (nSPS) is 20.0. The second-order valence-corrected chi connectivity index (χ2v) is 11.0. The number of carbonyl (C=O) groups excluding carboxylic acids is 5. The predicted molar refractivity (Wildman–Crippen MR) is 145 cm³/mol. The number of urea groups is 1. The fraction of sp³-hybridized carbons (Fsp3) is 0.607. The zero-order valence-electron chi connectivity index (χ0n) is 22.0. The number of ketones is 3. The molecule has 10 heteroatoms. The van der Waals surface area contributed by atoms with Crippen LogP contribution in [0.2, 0.25) is 0 Å². The molecule has 3 unspecified atom stereocenters. The summed E-state index contributed by atoms with van der Waals surface area (Å²) in [6, 6.07) is 5.11. The van der Waals surface area contributed by atoms with Crippen LogP contribution in [-0.2, 0) is 19.1 Å². The lowest BCUT2D eigenvalue weighted by Gasteiger charge is -2.16. The number of aldehydes is 1. The summed E-state index contributed by atoms with van der Waals surface area (Å²) in [7, 11) is 0. The van der Waals surface area contributed by atoms with E-state index in [1.54, 1.807) is 19.1 Å². The zero-order chi connectivity index (χ0) is 27.3. The van der Waals surface area contributed by atoms with Crippen molar-refractivity contribution in [1.29, 1.82) is 0 Å². The first-order chi connectivity index (χ1) is 18.4. The van der Waals surface area contributed by atoms with Crippen LogP contribution in [0.5, 0.6) is 0 Å². The van der Waals surface area contributed by atoms with Gasteiger partial charge in [0.2, 0.25) is 5.78 Å². The van der Waals surface area contributed by atoms with Crippen molar-refractivity contribution in [3.63, 3.8) is 0 Å². The first-order valence-electron chi connectivity index (χ1n) is 13.4. The summed E-state index contributed by atoms with van der Waals surface area (Å²) >= 11 is 1.90. The molecule has 208 valence electrons. The molecule has 0 saturated carbocycles. The van der Waals surface area contributed by atoms with Crippen LogP contribution in [0.3, 0.4) is 0 Å². The van der Waals surface area contributed by atoms with Crippen molar-refractivity contribution in [2.75, 3.05) is 32.2 Å². The number of ether oxygens (including phenoxy) is 2. The number of Topliss-reactive ketones (excluding diaryl/α,β-unsaturated/α-hetero) is 3. The number of rotatable bonds is 19. The van der Waals surface area contributed by atoms with Gasteiger partial charge in [0.1, 0.15) is 5.78 Å². The average molecular weight is 547 g/mol. The molecule has 2 aliphatic rings. The predicted octanol–water partition coefficient (Wildman–Crippen LogP) is 3.45. The highest BCUT2D eigenvalue weighted by atomic mass is 32.2. The summed E-state index contributed by atoms with van der Waals surface area (Å²) in [5, 5.41) is 6.39. The lowest BCUT2D eigenvalue weighted by Crippen LogP contribution is -2.36. The second kappa shape index (κ2) is 15.8. The van der Waals surface area contributed by atoms with Crippen LogP contribution in [0, 0.1) is 6.92 Å². The fourth-order valence-corrected chi connectivity index (χ4v) is 6.29. The molecule has 2 aliphatic heterocycles. The SMILES string of the molecule is Cc1ccc(C(=O)C=O)cc1C(=O)CCCOCCOCCCC(=O)CCCCC1SCC2NC(=O)NC21. The molecule has 2 N–H and O–H groups in total. The molecule has 38 heavy (non-hydrogen) atoms. The van der Waals surface area contributed by atoms with Gasteiger partial charge in [-0.3, -0.25) is 19.2 Å². The van der Waals surface area contributed by atoms with Gasteiger partial charge < -0.3 is 20.1 Å². The quantitative estimate of drug-likeness (QED) is 0.0888. The van der Waals surface area contributed by atoms with E-state index in [1.807, 2.05) is 11.8 Å². The maximum Gasteiger partial charge on any atom is 0.315 e. The second-order valence-electron chi connectivity index (χ2n) is 9.77. The summed E-state index contributed by atoms with van der Waals surface area (Å²) in [4.78, 5) is 58.2. The Kier molecular flexibility index (Phi) is 12.4. The van der Waals surface area contributed by atoms with Gasteiger partial charge in [0.15, 0.2) is 12.1 Å². The highest BCUT2D eigenvalue weighted by Gasteiger charge is 2.42. The Morgan fingerprint density at radius 2 is 1.68 bits per heavy atom. The number of amides is 2. The van der Waals surface area contributed by atoms with Gasteiger partial charge in [0.05, 0.1) is 25.3 Å². The number of fused-ring (bicyclic) bond motifs is 1. The van der Waals surface area contributed by atoms with Crippen molar-refractivity contribution in [3.05, 3.63) is 34.9 Å². The summed E-state index contributed by atoms with van der Waals surface area (Å²) in [5.41, 5.74) is 1.45. The minimum Gasteiger partial charge on any atom is -0.379 e. The van der Waals surface area contributed by atoms with E-state index in [0.717, 1.165) is 30.6 Å². The zero-order valence-corrected chi connectivity index (χ0v) is 22.8. The smallest absolute Gasteiger partial charge is 0.315 e. The third-order valence-corrected chi connectivity index (χ3v) is 8.38. The molecule has 1 aromatic carbocycles. The molecule has 0 aromatic heterocycles. The van der Waals surface area contributed by atoms with Crippen LogP contribution in [0.25, 0.3) is 0 Å². The summed E-state index contributed by atoms with van der Waals surface area (Å²) < 4.78 is 11.1. The topological polar surface area (TPSA) is 128 Å². The molecule has 2 heterocycles. The van der Waals surface area contributed by atoms with Crippen LogP contribution < -0.4 is 10.6 Å². The van der Waals surface area contributed by atoms with Crippen LogP contribution >= 0.6 is 11.8 Å². The molecule has 9 nitrogen and oxygen atoms in total. The maximum absolute atomic E-state index is 12.5. The van der Waals surface area contributed by atoms with Gasteiger partial charge in [-0.05, 0) is 44.2 Å².